The van der Waals surface area contributed by atoms with Crippen LogP contribution < -0.4 is 15.5 Å². The van der Waals surface area contributed by atoms with Crippen molar-refractivity contribution in [2.24, 2.45) is 0 Å². The van der Waals surface area contributed by atoms with E-state index in [-0.39, 0.29) is 16.2 Å². The van der Waals surface area contributed by atoms with Gasteiger partial charge < -0.3 is 19.9 Å². The molecule has 6 rings (SSSR count). The third-order valence-corrected chi connectivity index (χ3v) is 7.66. The van der Waals surface area contributed by atoms with E-state index < -0.39 is 12.2 Å². The lowest BCUT2D eigenvalue weighted by atomic mass is 10.1. The number of benzene rings is 2. The summed E-state index contributed by atoms with van der Waals surface area (Å²) in [5.41, 5.74) is 1.73. The second kappa shape index (κ2) is 13.6. The van der Waals surface area contributed by atoms with Crippen molar-refractivity contribution in [1.82, 2.24) is 34.0 Å². The summed E-state index contributed by atoms with van der Waals surface area (Å²) in [7, 11) is 0. The molecule has 47 heavy (non-hydrogen) atoms. The predicted octanol–water partition coefficient (Wildman–Crippen LogP) is 5.12. The van der Waals surface area contributed by atoms with Crippen molar-refractivity contribution >= 4 is 29.0 Å². The van der Waals surface area contributed by atoms with E-state index >= 15 is 0 Å². The number of nitrogens with one attached hydrogen (secondary N) is 2. The number of morpholine rings is 1. The number of ether oxygens (including phenoxy) is 1. The maximum atomic E-state index is 14.5. The second-order valence-electron chi connectivity index (χ2n) is 11.0. The first-order valence-electron chi connectivity index (χ1n) is 15.0. The third kappa shape index (κ3) is 7.42. The van der Waals surface area contributed by atoms with Crippen molar-refractivity contribution in [3.8, 4) is 11.5 Å². The van der Waals surface area contributed by atoms with Gasteiger partial charge in [0.05, 0.1) is 30.9 Å². The van der Waals surface area contributed by atoms with Gasteiger partial charge >= 0.3 is 6.30 Å². The van der Waals surface area contributed by atoms with Crippen LogP contribution in [0.5, 0.6) is 0 Å². The van der Waals surface area contributed by atoms with Crippen LogP contribution in [0.25, 0.3) is 11.5 Å². The van der Waals surface area contributed by atoms with Crippen LogP contribution >= 0.6 is 0 Å². The molecule has 2 N–H and O–H groups in total. The summed E-state index contributed by atoms with van der Waals surface area (Å²) in [5.74, 6) is 0.217. The summed E-state index contributed by atoms with van der Waals surface area (Å²) < 4.78 is 52.3. The molecule has 5 aromatic rings. The van der Waals surface area contributed by atoms with Gasteiger partial charge in [0, 0.05) is 67.8 Å². The maximum absolute atomic E-state index is 14.5. The van der Waals surface area contributed by atoms with Crippen LogP contribution in [-0.4, -0.2) is 85.6 Å². The number of aryl methyl sites for hydroxylation is 2. The molecule has 2 aromatic carbocycles. The Hall–Kier alpha value is -5.28. The topological polar surface area (TPSA) is 118 Å². The molecule has 0 saturated carbocycles. The van der Waals surface area contributed by atoms with Crippen molar-refractivity contribution in [1.29, 1.82) is 0 Å². The van der Waals surface area contributed by atoms with Gasteiger partial charge in [0.25, 0.3) is 5.91 Å². The van der Waals surface area contributed by atoms with Gasteiger partial charge in [-0.15, -0.1) is 13.2 Å². The summed E-state index contributed by atoms with van der Waals surface area (Å²) in [4.78, 5) is 32.8. The number of nitrogens with zero attached hydrogens (tertiary/aromatic N) is 8. The Kier molecular flexibility index (Phi) is 9.17. The summed E-state index contributed by atoms with van der Waals surface area (Å²) in [6, 6.07) is 11.8. The van der Waals surface area contributed by atoms with E-state index in [1.165, 1.54) is 49.1 Å². The predicted molar refractivity (Wildman–Crippen MR) is 171 cm³/mol. The number of hydrogen-bond donors (Lipinski definition) is 2. The highest BCUT2D eigenvalue weighted by Crippen LogP contribution is 2.34. The van der Waals surface area contributed by atoms with E-state index in [2.05, 4.69) is 35.5 Å². The molecule has 12 nitrogen and oxygen atoms in total. The van der Waals surface area contributed by atoms with Crippen molar-refractivity contribution in [3.05, 3.63) is 96.6 Å². The molecule has 4 heterocycles. The Balaban J connectivity index is 1.22. The van der Waals surface area contributed by atoms with Gasteiger partial charge in [0.2, 0.25) is 5.95 Å². The van der Waals surface area contributed by atoms with Gasteiger partial charge in [-0.2, -0.15) is 0 Å². The van der Waals surface area contributed by atoms with E-state index in [0.29, 0.717) is 41.1 Å². The van der Waals surface area contributed by atoms with Crippen LogP contribution in [0.4, 0.5) is 36.3 Å². The molecule has 0 bridgehead atoms. The number of amides is 1. The zero-order valence-corrected chi connectivity index (χ0v) is 25.8. The second-order valence-corrected chi connectivity index (χ2v) is 11.0. The monoisotopic (exact) mass is 646 g/mol. The number of alkyl halides is 3. The van der Waals surface area contributed by atoms with Crippen molar-refractivity contribution < 1.29 is 22.7 Å². The van der Waals surface area contributed by atoms with Gasteiger partial charge in [-0.3, -0.25) is 14.3 Å². The highest BCUT2D eigenvalue weighted by Gasteiger charge is 2.43. The SMILES string of the molecule is Cc1cn(-c2cccc(C(=O)N(c3ccc(C)c(Nc4nccn4-c4cc(NCCN5CCOCC5)ncn4)c3)C(F)(F)F)c2)cn1. The zero-order chi connectivity index (χ0) is 33.0. The zero-order valence-electron chi connectivity index (χ0n) is 25.8. The minimum atomic E-state index is -5.00. The molecule has 1 fully saturated rings. The van der Waals surface area contributed by atoms with Gasteiger partial charge in [0.1, 0.15) is 18.0 Å². The minimum Gasteiger partial charge on any atom is -0.379 e. The molecule has 0 unspecified atom stereocenters. The third-order valence-electron chi connectivity index (χ3n) is 7.66. The standard InChI is InChI=1S/C32H33F3N10O2/c1-22-6-7-26(45(32(33,34)35)30(46)24-4-3-5-25(16-24)43-19-23(2)40-21-43)17-27(22)41-31-37-9-11-44(31)29-18-28(38-20-39-29)36-8-10-42-12-14-47-15-13-42/h3-7,9,11,16-21H,8,10,12-15H2,1-2H3,(H,37,41)(H,36,38,39). The number of anilines is 4. The molecule has 1 saturated heterocycles. The van der Waals surface area contributed by atoms with Crippen LogP contribution in [0.1, 0.15) is 21.6 Å². The molecule has 15 heteroatoms. The molecule has 3 aromatic heterocycles. The van der Waals surface area contributed by atoms with E-state index in [0.717, 1.165) is 38.5 Å². The summed E-state index contributed by atoms with van der Waals surface area (Å²) in [6.07, 6.45) is 2.91. The number of carbonyl (C=O) groups is 1. The van der Waals surface area contributed by atoms with Crippen molar-refractivity contribution in [2.75, 3.05) is 54.9 Å². The Labute approximate surface area is 268 Å². The Bertz CT molecular complexity index is 1850. The maximum Gasteiger partial charge on any atom is 0.491 e. The number of rotatable bonds is 10. The summed E-state index contributed by atoms with van der Waals surface area (Å²) >= 11 is 0. The van der Waals surface area contributed by atoms with Gasteiger partial charge in [-0.25, -0.2) is 24.8 Å². The lowest BCUT2D eigenvalue weighted by molar-refractivity contribution is -0.122. The van der Waals surface area contributed by atoms with Gasteiger partial charge in [0.15, 0.2) is 0 Å². The number of imidazole rings is 2. The first-order chi connectivity index (χ1) is 22.7. The minimum absolute atomic E-state index is 0.130. The first kappa shape index (κ1) is 31.7. The average molecular weight is 647 g/mol. The van der Waals surface area contributed by atoms with Crippen LogP contribution in [0.2, 0.25) is 0 Å². The van der Waals surface area contributed by atoms with Gasteiger partial charge in [-0.1, -0.05) is 12.1 Å². The molecule has 244 valence electrons. The molecule has 0 aliphatic carbocycles. The fourth-order valence-electron chi connectivity index (χ4n) is 5.20. The van der Waals surface area contributed by atoms with Gasteiger partial charge in [-0.05, 0) is 49.7 Å². The van der Waals surface area contributed by atoms with Crippen LogP contribution in [0.15, 0.2) is 79.8 Å². The largest absolute Gasteiger partial charge is 0.491 e. The number of aromatic nitrogens is 6. The molecular formula is C32H33F3N10O2. The Morgan fingerprint density at radius 1 is 1.02 bits per heavy atom. The Morgan fingerprint density at radius 2 is 1.85 bits per heavy atom. The fourth-order valence-corrected chi connectivity index (χ4v) is 5.20. The highest BCUT2D eigenvalue weighted by atomic mass is 19.4. The van der Waals surface area contributed by atoms with Crippen LogP contribution in [0, 0.1) is 13.8 Å². The van der Waals surface area contributed by atoms with Crippen LogP contribution in [-0.2, 0) is 4.74 Å². The average Bonchev–Trinajstić information content (AvgIpc) is 3.72. The molecular weight excluding hydrogens is 613 g/mol. The van der Waals surface area contributed by atoms with E-state index in [4.69, 9.17) is 4.74 Å². The summed E-state index contributed by atoms with van der Waals surface area (Å²) in [5, 5.41) is 6.43. The summed E-state index contributed by atoms with van der Waals surface area (Å²) in [6.45, 7) is 8.27. The molecule has 0 spiro atoms. The Morgan fingerprint density at radius 3 is 2.62 bits per heavy atom. The molecule has 0 atom stereocenters. The highest BCUT2D eigenvalue weighted by molar-refractivity contribution is 6.07. The van der Waals surface area contributed by atoms with Crippen molar-refractivity contribution in [3.63, 3.8) is 0 Å². The molecule has 1 aliphatic heterocycles. The number of carbonyl (C=O) groups excluding carboxylic acids is 1. The first-order valence-corrected chi connectivity index (χ1v) is 15.0. The van der Waals surface area contributed by atoms with Crippen molar-refractivity contribution in [2.45, 2.75) is 20.1 Å². The number of hydrogen-bond acceptors (Lipinski definition) is 9. The van der Waals surface area contributed by atoms with E-state index in [9.17, 15) is 18.0 Å². The van der Waals surface area contributed by atoms with E-state index in [1.807, 2.05) is 0 Å². The smallest absolute Gasteiger partial charge is 0.379 e. The molecule has 1 aliphatic rings. The lowest BCUT2D eigenvalue weighted by Crippen LogP contribution is -2.43. The van der Waals surface area contributed by atoms with E-state index in [1.54, 1.807) is 53.7 Å². The van der Waals surface area contributed by atoms with Crippen LogP contribution in [0.3, 0.4) is 0 Å². The normalized spacial score (nSPS) is 13.8. The number of halogens is 3. The molecule has 1 amide bonds. The fraction of sp³-hybridized carbons (Fsp3) is 0.281. The lowest BCUT2D eigenvalue weighted by Gasteiger charge is -2.26. The quantitative estimate of drug-likeness (QED) is 0.200. The molecule has 0 radical (unpaired) electrons.